The second-order valence-corrected chi connectivity index (χ2v) is 9.64. The van der Waals surface area contributed by atoms with Gasteiger partial charge in [0.1, 0.15) is 11.5 Å². The van der Waals surface area contributed by atoms with E-state index >= 15 is 0 Å². The summed E-state index contributed by atoms with van der Waals surface area (Å²) in [7, 11) is 0. The van der Waals surface area contributed by atoms with Crippen LogP contribution in [-0.2, 0) is 9.63 Å². The van der Waals surface area contributed by atoms with E-state index in [2.05, 4.69) is 5.16 Å². The fraction of sp³-hybridized carbons (Fsp3) is 0.172. The molecule has 0 saturated carbocycles. The molecule has 0 radical (unpaired) electrons. The molecule has 0 amide bonds. The van der Waals surface area contributed by atoms with Crippen molar-refractivity contribution in [1.29, 1.82) is 0 Å². The van der Waals surface area contributed by atoms with Crippen LogP contribution in [0.5, 0.6) is 5.75 Å². The number of allylic oxidation sites excluding steroid dienone is 1. The van der Waals surface area contributed by atoms with Crippen molar-refractivity contribution in [3.05, 3.63) is 83.1 Å². The number of para-hydroxylation sites is 1. The number of carbonyl (C=O) groups excluding carboxylic acids is 3. The molecule has 1 aromatic heterocycles. The number of benzene rings is 3. The van der Waals surface area contributed by atoms with Crippen LogP contribution in [0.2, 0.25) is 0 Å². The van der Waals surface area contributed by atoms with Gasteiger partial charge in [0.05, 0.1) is 5.56 Å². The number of hydrogen-bond donors (Lipinski definition) is 0. The zero-order chi connectivity index (χ0) is 25.2. The monoisotopic (exact) mass is 497 g/mol. The summed E-state index contributed by atoms with van der Waals surface area (Å²) in [5, 5.41) is 5.75. The summed E-state index contributed by atoms with van der Waals surface area (Å²) < 4.78 is 7.88. The number of carbonyl (C=O) groups is 3. The Morgan fingerprint density at radius 2 is 1.78 bits per heavy atom. The first kappa shape index (κ1) is 23.6. The molecule has 0 aliphatic carbocycles. The Bertz CT molecular complexity index is 1590. The third-order valence-corrected chi connectivity index (χ3v) is 7.09. The quantitative estimate of drug-likeness (QED) is 0.0906. The fourth-order valence-corrected chi connectivity index (χ4v) is 5.21. The van der Waals surface area contributed by atoms with Crippen LogP contribution in [0.4, 0.5) is 0 Å². The highest BCUT2D eigenvalue weighted by Gasteiger charge is 2.26. The molecule has 0 bridgehead atoms. The van der Waals surface area contributed by atoms with Gasteiger partial charge in [-0.3, -0.25) is 9.59 Å². The van der Waals surface area contributed by atoms with Gasteiger partial charge in [-0.1, -0.05) is 36.7 Å². The topological polar surface area (TPSA) is 82.0 Å². The molecular formula is C29H23NO5S. The highest BCUT2D eigenvalue weighted by atomic mass is 32.1. The first-order valence-electron chi connectivity index (χ1n) is 11.7. The summed E-state index contributed by atoms with van der Waals surface area (Å²) in [5.74, 6) is -0.112. The minimum absolute atomic E-state index is 0.138. The summed E-state index contributed by atoms with van der Waals surface area (Å²) >= 11 is 1.63. The molecule has 36 heavy (non-hydrogen) atoms. The van der Waals surface area contributed by atoms with Gasteiger partial charge in [-0.05, 0) is 66.9 Å². The van der Waals surface area contributed by atoms with E-state index in [-0.39, 0.29) is 23.0 Å². The number of rotatable bonds is 7. The van der Waals surface area contributed by atoms with Crippen molar-refractivity contribution in [2.45, 2.75) is 33.1 Å². The number of unbranched alkanes of at least 4 members (excludes halogenated alkanes) is 1. The zero-order valence-corrected chi connectivity index (χ0v) is 20.7. The largest absolute Gasteiger partial charge is 0.452 e. The highest BCUT2D eigenvalue weighted by Crippen LogP contribution is 2.36. The Morgan fingerprint density at radius 3 is 2.53 bits per heavy atom. The lowest BCUT2D eigenvalue weighted by molar-refractivity contribution is -0.140. The highest BCUT2D eigenvalue weighted by molar-refractivity contribution is 7.25. The molecule has 3 aromatic carbocycles. The van der Waals surface area contributed by atoms with E-state index in [1.165, 1.54) is 6.92 Å². The summed E-state index contributed by atoms with van der Waals surface area (Å²) in [6.07, 6.45) is 3.82. The average molecular weight is 498 g/mol. The number of ether oxygens (including phenoxy) is 1. The van der Waals surface area contributed by atoms with Gasteiger partial charge in [0.25, 0.3) is 0 Å². The number of thiophene rings is 1. The number of hydrogen-bond acceptors (Lipinski definition) is 7. The molecule has 5 rings (SSSR count). The first-order chi connectivity index (χ1) is 17.4. The molecule has 0 atom stereocenters. The lowest BCUT2D eigenvalue weighted by Crippen LogP contribution is -2.15. The van der Waals surface area contributed by atoms with E-state index in [1.54, 1.807) is 35.6 Å². The van der Waals surface area contributed by atoms with Gasteiger partial charge >= 0.3 is 5.97 Å². The lowest BCUT2D eigenvalue weighted by Gasteiger charge is -2.05. The lowest BCUT2D eigenvalue weighted by atomic mass is 10.00. The Kier molecular flexibility index (Phi) is 6.48. The van der Waals surface area contributed by atoms with Crippen LogP contribution in [-0.4, -0.2) is 23.2 Å². The van der Waals surface area contributed by atoms with Gasteiger partial charge < -0.3 is 9.57 Å². The third-order valence-electron chi connectivity index (χ3n) is 5.94. The Balaban J connectivity index is 1.51. The summed E-state index contributed by atoms with van der Waals surface area (Å²) in [5.41, 5.74) is 2.10. The molecule has 6 nitrogen and oxygen atoms in total. The first-order valence-corrected chi connectivity index (χ1v) is 12.5. The maximum Gasteiger partial charge on any atom is 0.331 e. The smallest absolute Gasteiger partial charge is 0.331 e. The van der Waals surface area contributed by atoms with Crippen LogP contribution in [0.3, 0.4) is 0 Å². The van der Waals surface area contributed by atoms with Crippen molar-refractivity contribution in [2.75, 3.05) is 0 Å². The summed E-state index contributed by atoms with van der Waals surface area (Å²) in [4.78, 5) is 41.9. The molecule has 0 unspecified atom stereocenters. The van der Waals surface area contributed by atoms with Crippen molar-refractivity contribution < 1.29 is 24.0 Å². The van der Waals surface area contributed by atoms with E-state index in [1.807, 2.05) is 49.4 Å². The molecule has 1 aliphatic heterocycles. The van der Waals surface area contributed by atoms with Gasteiger partial charge in [-0.25, -0.2) is 4.79 Å². The molecule has 0 spiro atoms. The van der Waals surface area contributed by atoms with Crippen molar-refractivity contribution in [2.24, 2.45) is 5.16 Å². The van der Waals surface area contributed by atoms with Crippen LogP contribution in [0.15, 0.2) is 71.6 Å². The third kappa shape index (κ3) is 4.57. The number of fused-ring (bicyclic) bond motifs is 4. The summed E-state index contributed by atoms with van der Waals surface area (Å²) in [6, 6.07) is 18.7. The molecule has 4 aromatic rings. The van der Waals surface area contributed by atoms with Gasteiger partial charge in [-0.2, -0.15) is 0 Å². The SMILES string of the molecule is CCCC/C(=N\OC(C)=O)C(=O)c1ccc2sc3ccc(/C=C4\Oc5ccccc5C4=O)cc3c2c1. The fourth-order valence-electron chi connectivity index (χ4n) is 4.14. The minimum Gasteiger partial charge on any atom is -0.452 e. The van der Waals surface area contributed by atoms with Crippen LogP contribution in [0.25, 0.3) is 26.2 Å². The van der Waals surface area contributed by atoms with Crippen molar-refractivity contribution >= 4 is 60.8 Å². The van der Waals surface area contributed by atoms with Crippen molar-refractivity contribution in [1.82, 2.24) is 0 Å². The van der Waals surface area contributed by atoms with Crippen LogP contribution in [0.1, 0.15) is 59.4 Å². The molecule has 2 heterocycles. The molecular weight excluding hydrogens is 474 g/mol. The van der Waals surface area contributed by atoms with Crippen LogP contribution < -0.4 is 4.74 Å². The number of nitrogens with zero attached hydrogens (tertiary/aromatic N) is 1. The van der Waals surface area contributed by atoms with E-state index < -0.39 is 5.97 Å². The molecule has 180 valence electrons. The number of ketones is 2. The maximum absolute atomic E-state index is 13.2. The second-order valence-electron chi connectivity index (χ2n) is 8.56. The maximum atomic E-state index is 13.2. The number of oxime groups is 1. The average Bonchev–Trinajstić information content (AvgIpc) is 3.40. The molecule has 1 aliphatic rings. The Morgan fingerprint density at radius 1 is 1.03 bits per heavy atom. The predicted octanol–water partition coefficient (Wildman–Crippen LogP) is 6.96. The molecule has 7 heteroatoms. The predicted molar refractivity (Wildman–Crippen MR) is 142 cm³/mol. The van der Waals surface area contributed by atoms with E-state index in [0.29, 0.717) is 23.3 Å². The van der Waals surface area contributed by atoms with Crippen LogP contribution >= 0.6 is 11.3 Å². The second kappa shape index (κ2) is 9.87. The Hall–Kier alpha value is -4.10. The standard InChI is InChI=1S/C29H23NO5S/c1-3-4-8-23(30-35-17(2)31)28(32)19-11-13-27-22(16-19)21-14-18(10-12-26(21)36-27)15-25-29(33)20-7-5-6-9-24(20)34-25/h5-7,9-16H,3-4,8H2,1-2H3/b25-15-,30-23+. The molecule has 0 saturated heterocycles. The van der Waals surface area contributed by atoms with Crippen molar-refractivity contribution in [3.8, 4) is 5.75 Å². The van der Waals surface area contributed by atoms with Gasteiger partial charge in [0.2, 0.25) is 11.6 Å². The number of Topliss-reactive ketones (excluding diaryl/α,β-unsaturated/α-hetero) is 2. The van der Waals surface area contributed by atoms with Gasteiger partial charge in [0.15, 0.2) is 5.76 Å². The molecule has 0 fully saturated rings. The van der Waals surface area contributed by atoms with Crippen LogP contribution in [0, 0.1) is 0 Å². The minimum atomic E-state index is -0.564. The van der Waals surface area contributed by atoms with E-state index in [0.717, 1.165) is 38.6 Å². The van der Waals surface area contributed by atoms with Crippen molar-refractivity contribution in [3.63, 3.8) is 0 Å². The molecule has 0 N–H and O–H groups in total. The van der Waals surface area contributed by atoms with Gasteiger partial charge in [-0.15, -0.1) is 11.3 Å². The van der Waals surface area contributed by atoms with Gasteiger partial charge in [0, 0.05) is 32.7 Å². The normalized spacial score (nSPS) is 14.3. The zero-order valence-electron chi connectivity index (χ0n) is 19.9. The summed E-state index contributed by atoms with van der Waals surface area (Å²) in [6.45, 7) is 3.28. The Labute approximate surface area is 211 Å². The van der Waals surface area contributed by atoms with E-state index in [9.17, 15) is 14.4 Å². The van der Waals surface area contributed by atoms with E-state index in [4.69, 9.17) is 9.57 Å².